The van der Waals surface area contributed by atoms with Gasteiger partial charge in [0.2, 0.25) is 0 Å². The summed E-state index contributed by atoms with van der Waals surface area (Å²) in [7, 11) is 2.98. The Balaban J connectivity index is 1.55. The van der Waals surface area contributed by atoms with E-state index in [0.717, 1.165) is 17.7 Å². The Bertz CT molecular complexity index is 883. The lowest BCUT2D eigenvalue weighted by molar-refractivity contribution is -0.136. The molecule has 0 saturated carbocycles. The molecule has 0 bridgehead atoms. The molecule has 2 aromatic carbocycles. The minimum absolute atomic E-state index is 0.0855. The highest BCUT2D eigenvalue weighted by Gasteiger charge is 2.19. The number of aliphatic hydroxyl groups excluding tert-OH is 1. The molecular weight excluding hydrogens is 364 g/mol. The molecule has 8 heteroatoms. The van der Waals surface area contributed by atoms with Gasteiger partial charge in [-0.15, -0.1) is 0 Å². The van der Waals surface area contributed by atoms with Crippen molar-refractivity contribution in [2.24, 2.45) is 0 Å². The summed E-state index contributed by atoms with van der Waals surface area (Å²) in [6, 6.07) is 10.1. The lowest BCUT2D eigenvalue weighted by Gasteiger charge is -2.14. The maximum Gasteiger partial charge on any atom is 0.313 e. The lowest BCUT2D eigenvalue weighted by Crippen LogP contribution is -2.37. The number of rotatable bonds is 6. The van der Waals surface area contributed by atoms with E-state index < -0.39 is 17.9 Å². The van der Waals surface area contributed by atoms with Crippen molar-refractivity contribution in [3.05, 3.63) is 47.5 Å². The van der Waals surface area contributed by atoms with Crippen LogP contribution in [-0.2, 0) is 16.0 Å². The summed E-state index contributed by atoms with van der Waals surface area (Å²) in [6.45, 7) is 0.541. The number of hydrogen-bond donors (Lipinski definition) is 3. The molecule has 3 N–H and O–H groups in total. The highest BCUT2D eigenvalue weighted by molar-refractivity contribution is 6.39. The highest BCUT2D eigenvalue weighted by atomic mass is 16.5. The van der Waals surface area contributed by atoms with Crippen LogP contribution in [0.25, 0.3) is 0 Å². The number of fused-ring (bicyclic) bond motifs is 1. The summed E-state index contributed by atoms with van der Waals surface area (Å²) < 4.78 is 15.7. The molecule has 2 amide bonds. The molecule has 148 valence electrons. The molecule has 3 rings (SSSR count). The number of methoxy groups -OCH3 is 2. The number of amides is 2. The van der Waals surface area contributed by atoms with Crippen LogP contribution in [0.3, 0.4) is 0 Å². The van der Waals surface area contributed by atoms with Gasteiger partial charge in [0.05, 0.1) is 26.9 Å². The Morgan fingerprint density at radius 3 is 2.64 bits per heavy atom. The molecule has 1 unspecified atom stereocenters. The van der Waals surface area contributed by atoms with Crippen molar-refractivity contribution >= 4 is 17.5 Å². The molecule has 1 aliphatic heterocycles. The fraction of sp³-hybridized carbons (Fsp3) is 0.300. The van der Waals surface area contributed by atoms with Crippen LogP contribution in [0.4, 0.5) is 5.69 Å². The lowest BCUT2D eigenvalue weighted by atomic mass is 10.0. The number of nitrogens with one attached hydrogen (secondary N) is 2. The van der Waals surface area contributed by atoms with E-state index in [9.17, 15) is 14.7 Å². The minimum Gasteiger partial charge on any atom is -0.493 e. The quantitative estimate of drug-likeness (QED) is 0.649. The molecule has 1 atom stereocenters. The first-order valence-corrected chi connectivity index (χ1v) is 8.76. The zero-order valence-corrected chi connectivity index (χ0v) is 15.7. The van der Waals surface area contributed by atoms with E-state index in [4.69, 9.17) is 14.2 Å². The van der Waals surface area contributed by atoms with Gasteiger partial charge in [0.25, 0.3) is 0 Å². The maximum atomic E-state index is 12.1. The van der Waals surface area contributed by atoms with Crippen molar-refractivity contribution in [2.75, 3.05) is 32.7 Å². The minimum atomic E-state index is -0.927. The van der Waals surface area contributed by atoms with Crippen molar-refractivity contribution in [1.82, 2.24) is 5.32 Å². The summed E-state index contributed by atoms with van der Waals surface area (Å²) in [5, 5.41) is 15.2. The van der Waals surface area contributed by atoms with Crippen molar-refractivity contribution in [1.29, 1.82) is 0 Å². The number of aliphatic hydroxyl groups is 1. The summed E-state index contributed by atoms with van der Waals surface area (Å²) >= 11 is 0. The van der Waals surface area contributed by atoms with Crippen LogP contribution in [0, 0.1) is 0 Å². The van der Waals surface area contributed by atoms with Gasteiger partial charge in [0.15, 0.2) is 11.5 Å². The van der Waals surface area contributed by atoms with Gasteiger partial charge in [-0.05, 0) is 35.4 Å². The number of anilines is 1. The smallest absolute Gasteiger partial charge is 0.313 e. The Hall–Kier alpha value is -3.26. The van der Waals surface area contributed by atoms with E-state index in [1.807, 2.05) is 6.07 Å². The van der Waals surface area contributed by atoms with Crippen LogP contribution in [0.15, 0.2) is 36.4 Å². The summed E-state index contributed by atoms with van der Waals surface area (Å²) in [4.78, 5) is 24.1. The van der Waals surface area contributed by atoms with Crippen molar-refractivity contribution in [3.8, 4) is 17.2 Å². The maximum absolute atomic E-state index is 12.1. The summed E-state index contributed by atoms with van der Waals surface area (Å²) in [6.07, 6.45) is -0.139. The Kier molecular flexibility index (Phi) is 6.00. The van der Waals surface area contributed by atoms with Gasteiger partial charge in [-0.25, -0.2) is 0 Å². The van der Waals surface area contributed by atoms with Gasteiger partial charge in [0.1, 0.15) is 5.75 Å². The number of carbonyl (C=O) groups excluding carboxylic acids is 2. The standard InChI is InChI=1S/C20H22N2O6/c1-26-17-6-4-14(10-18(17)27-2)22-20(25)19(24)21-11-15(23)12-3-5-16-13(9-12)7-8-28-16/h3-6,9-10,15,23H,7-8,11H2,1-2H3,(H,21,24)(H,22,25). The van der Waals surface area contributed by atoms with Crippen molar-refractivity contribution in [3.63, 3.8) is 0 Å². The van der Waals surface area contributed by atoms with Crippen molar-refractivity contribution < 1.29 is 28.9 Å². The van der Waals surface area contributed by atoms with Gasteiger partial charge in [-0.1, -0.05) is 6.07 Å². The molecule has 0 saturated heterocycles. The molecular formula is C20H22N2O6. The average molecular weight is 386 g/mol. The zero-order valence-electron chi connectivity index (χ0n) is 15.7. The van der Waals surface area contributed by atoms with Crippen LogP contribution >= 0.6 is 0 Å². The predicted molar refractivity (Wildman–Crippen MR) is 102 cm³/mol. The van der Waals surface area contributed by atoms with Gasteiger partial charge < -0.3 is 30.0 Å². The number of carbonyl (C=O) groups is 2. The van der Waals surface area contributed by atoms with Crippen LogP contribution in [0.5, 0.6) is 17.2 Å². The molecule has 0 radical (unpaired) electrons. The molecule has 1 heterocycles. The van der Waals surface area contributed by atoms with Crippen LogP contribution in [0.1, 0.15) is 17.2 Å². The van der Waals surface area contributed by atoms with Crippen LogP contribution < -0.4 is 24.8 Å². The molecule has 0 spiro atoms. The number of benzene rings is 2. The fourth-order valence-electron chi connectivity index (χ4n) is 2.90. The normalized spacial score (nSPS) is 13.1. The molecule has 2 aromatic rings. The number of ether oxygens (including phenoxy) is 3. The van der Waals surface area contributed by atoms with E-state index in [0.29, 0.717) is 29.4 Å². The third-order valence-corrected chi connectivity index (χ3v) is 4.40. The SMILES string of the molecule is COc1ccc(NC(=O)C(=O)NCC(O)c2ccc3c(c2)CCO3)cc1OC. The summed E-state index contributed by atoms with van der Waals surface area (Å²) in [5.74, 6) is 0.0546. The Morgan fingerprint density at radius 1 is 1.11 bits per heavy atom. The van der Waals surface area contributed by atoms with Crippen LogP contribution in [-0.4, -0.2) is 44.3 Å². The van der Waals surface area contributed by atoms with Gasteiger partial charge in [-0.2, -0.15) is 0 Å². The topological polar surface area (TPSA) is 106 Å². The highest BCUT2D eigenvalue weighted by Crippen LogP contribution is 2.30. The molecule has 28 heavy (non-hydrogen) atoms. The first kappa shape index (κ1) is 19.5. The molecule has 1 aliphatic rings. The van der Waals surface area contributed by atoms with E-state index >= 15 is 0 Å². The van der Waals surface area contributed by atoms with Gasteiger partial charge in [-0.3, -0.25) is 9.59 Å². The second kappa shape index (κ2) is 8.62. The van der Waals surface area contributed by atoms with E-state index in [1.54, 1.807) is 30.3 Å². The monoisotopic (exact) mass is 386 g/mol. The summed E-state index contributed by atoms with van der Waals surface area (Å²) in [5.41, 5.74) is 2.07. The third-order valence-electron chi connectivity index (χ3n) is 4.40. The molecule has 0 fully saturated rings. The predicted octanol–water partition coefficient (Wildman–Crippen LogP) is 1.43. The largest absolute Gasteiger partial charge is 0.493 e. The third kappa shape index (κ3) is 4.34. The van der Waals surface area contributed by atoms with Gasteiger partial charge in [0, 0.05) is 24.7 Å². The second-order valence-corrected chi connectivity index (χ2v) is 6.22. The average Bonchev–Trinajstić information content (AvgIpc) is 3.19. The Labute approximate surface area is 162 Å². The molecule has 8 nitrogen and oxygen atoms in total. The van der Waals surface area contributed by atoms with E-state index in [-0.39, 0.29) is 6.54 Å². The first-order chi connectivity index (χ1) is 13.5. The van der Waals surface area contributed by atoms with Gasteiger partial charge >= 0.3 is 11.8 Å². The Morgan fingerprint density at radius 2 is 1.89 bits per heavy atom. The number of hydrogen-bond acceptors (Lipinski definition) is 6. The second-order valence-electron chi connectivity index (χ2n) is 6.22. The molecule has 0 aromatic heterocycles. The van der Waals surface area contributed by atoms with Crippen LogP contribution in [0.2, 0.25) is 0 Å². The first-order valence-electron chi connectivity index (χ1n) is 8.76. The van der Waals surface area contributed by atoms with Crippen molar-refractivity contribution in [2.45, 2.75) is 12.5 Å². The molecule has 0 aliphatic carbocycles. The van der Waals surface area contributed by atoms with E-state index in [1.165, 1.54) is 14.2 Å². The van der Waals surface area contributed by atoms with E-state index in [2.05, 4.69) is 10.6 Å². The fourth-order valence-corrected chi connectivity index (χ4v) is 2.90. The zero-order chi connectivity index (χ0) is 20.1.